The minimum atomic E-state index is 0.464. The Kier molecular flexibility index (Phi) is 6.58. The highest BCUT2D eigenvalue weighted by Crippen LogP contribution is 2.40. The topological polar surface area (TPSA) is 54.9 Å². The Morgan fingerprint density at radius 1 is 1.07 bits per heavy atom. The molecule has 0 aliphatic heterocycles. The average Bonchev–Trinajstić information content (AvgIpc) is 3.47. The molecule has 1 aliphatic rings. The summed E-state index contributed by atoms with van der Waals surface area (Å²) < 4.78 is 10.7. The molecule has 0 saturated heterocycles. The number of aliphatic imine (C=N–C) groups is 1. The molecule has 0 amide bonds. The molecular weight excluding hydrogens is 338 g/mol. The van der Waals surface area contributed by atoms with Crippen LogP contribution in [0.3, 0.4) is 0 Å². The van der Waals surface area contributed by atoms with Crippen LogP contribution in [-0.4, -0.2) is 39.3 Å². The van der Waals surface area contributed by atoms with Crippen molar-refractivity contribution in [3.05, 3.63) is 59.7 Å². The maximum Gasteiger partial charge on any atom is 0.191 e. The third-order valence-corrected chi connectivity index (χ3v) is 4.80. The molecule has 2 N–H and O–H groups in total. The number of nitrogens with zero attached hydrogens (tertiary/aromatic N) is 1. The summed E-state index contributed by atoms with van der Waals surface area (Å²) >= 11 is 0. The number of nitrogens with one attached hydrogen (secondary N) is 2. The van der Waals surface area contributed by atoms with Gasteiger partial charge in [0.15, 0.2) is 17.5 Å². The maximum atomic E-state index is 5.37. The summed E-state index contributed by atoms with van der Waals surface area (Å²) in [6, 6.07) is 17.2. The van der Waals surface area contributed by atoms with E-state index in [4.69, 9.17) is 14.5 Å². The molecule has 5 heteroatoms. The Morgan fingerprint density at radius 3 is 2.56 bits per heavy atom. The molecule has 0 radical (unpaired) electrons. The summed E-state index contributed by atoms with van der Waals surface area (Å²) in [5, 5.41) is 6.91. The van der Waals surface area contributed by atoms with Crippen molar-refractivity contribution in [2.75, 3.05) is 27.3 Å². The summed E-state index contributed by atoms with van der Waals surface area (Å²) in [6.07, 6.45) is 2.01. The number of ether oxygens (including phenoxy) is 2. The van der Waals surface area contributed by atoms with Crippen LogP contribution in [0.15, 0.2) is 53.5 Å². The van der Waals surface area contributed by atoms with Crippen molar-refractivity contribution in [1.29, 1.82) is 0 Å². The molecule has 1 aliphatic carbocycles. The van der Waals surface area contributed by atoms with E-state index in [0.717, 1.165) is 36.8 Å². The van der Waals surface area contributed by atoms with Gasteiger partial charge in [-0.1, -0.05) is 36.4 Å². The number of benzene rings is 2. The van der Waals surface area contributed by atoms with Crippen LogP contribution >= 0.6 is 0 Å². The van der Waals surface area contributed by atoms with Gasteiger partial charge in [0, 0.05) is 25.0 Å². The van der Waals surface area contributed by atoms with E-state index in [9.17, 15) is 0 Å². The van der Waals surface area contributed by atoms with Crippen LogP contribution in [0.4, 0.5) is 0 Å². The highest BCUT2D eigenvalue weighted by molar-refractivity contribution is 5.80. The van der Waals surface area contributed by atoms with Gasteiger partial charge in [-0.15, -0.1) is 0 Å². The summed E-state index contributed by atoms with van der Waals surface area (Å²) in [5.74, 6) is 2.98. The normalized spacial score (nSPS) is 18.7. The van der Waals surface area contributed by atoms with Crippen LogP contribution in [0, 0.1) is 0 Å². The van der Waals surface area contributed by atoms with Gasteiger partial charge >= 0.3 is 0 Å². The second-order valence-corrected chi connectivity index (χ2v) is 6.70. The van der Waals surface area contributed by atoms with Gasteiger partial charge in [0.25, 0.3) is 0 Å². The minimum absolute atomic E-state index is 0.464. The molecule has 2 aromatic carbocycles. The lowest BCUT2D eigenvalue weighted by molar-refractivity contribution is 0.354. The van der Waals surface area contributed by atoms with Crippen LogP contribution in [0.25, 0.3) is 0 Å². The van der Waals surface area contributed by atoms with Gasteiger partial charge in [0.1, 0.15) is 0 Å². The highest BCUT2D eigenvalue weighted by atomic mass is 16.5. The number of methoxy groups -OCH3 is 2. The summed E-state index contributed by atoms with van der Waals surface area (Å²) in [5.41, 5.74) is 2.58. The number of hydrogen-bond donors (Lipinski definition) is 2. The van der Waals surface area contributed by atoms with Crippen molar-refractivity contribution in [2.45, 2.75) is 31.7 Å². The third-order valence-electron chi connectivity index (χ3n) is 4.80. The predicted octanol–water partition coefficient (Wildman–Crippen LogP) is 3.36. The quantitative estimate of drug-likeness (QED) is 0.555. The Balaban J connectivity index is 1.55. The summed E-state index contributed by atoms with van der Waals surface area (Å²) in [6.45, 7) is 3.66. The van der Waals surface area contributed by atoms with Crippen molar-refractivity contribution in [1.82, 2.24) is 10.6 Å². The van der Waals surface area contributed by atoms with Crippen LogP contribution < -0.4 is 20.1 Å². The summed E-state index contributed by atoms with van der Waals surface area (Å²) in [7, 11) is 3.31. The van der Waals surface area contributed by atoms with E-state index in [-0.39, 0.29) is 0 Å². The first-order valence-corrected chi connectivity index (χ1v) is 9.55. The lowest BCUT2D eigenvalue weighted by Gasteiger charge is -2.12. The molecule has 0 spiro atoms. The zero-order valence-electron chi connectivity index (χ0n) is 16.4. The van der Waals surface area contributed by atoms with Gasteiger partial charge in [0.2, 0.25) is 0 Å². The lowest BCUT2D eigenvalue weighted by Crippen LogP contribution is -2.39. The monoisotopic (exact) mass is 367 g/mol. The Bertz CT molecular complexity index is 761. The van der Waals surface area contributed by atoms with E-state index in [1.807, 2.05) is 12.1 Å². The SMILES string of the molecule is CCNC(=NCCc1ccc(OC)c(OC)c1)NC1CC1c1ccccc1. The minimum Gasteiger partial charge on any atom is -0.493 e. The Labute approximate surface area is 161 Å². The second-order valence-electron chi connectivity index (χ2n) is 6.70. The Morgan fingerprint density at radius 2 is 1.85 bits per heavy atom. The average molecular weight is 367 g/mol. The largest absolute Gasteiger partial charge is 0.493 e. The van der Waals surface area contributed by atoms with E-state index in [1.54, 1.807) is 14.2 Å². The molecule has 5 nitrogen and oxygen atoms in total. The fourth-order valence-corrected chi connectivity index (χ4v) is 3.25. The van der Waals surface area contributed by atoms with Crippen LogP contribution in [-0.2, 0) is 6.42 Å². The van der Waals surface area contributed by atoms with Gasteiger partial charge < -0.3 is 20.1 Å². The lowest BCUT2D eigenvalue weighted by atomic mass is 10.1. The zero-order valence-corrected chi connectivity index (χ0v) is 16.4. The number of hydrogen-bond acceptors (Lipinski definition) is 3. The second kappa shape index (κ2) is 9.31. The van der Waals surface area contributed by atoms with Gasteiger partial charge in [0.05, 0.1) is 14.2 Å². The third kappa shape index (κ3) is 5.16. The molecule has 2 aromatic rings. The molecule has 0 aromatic heterocycles. The van der Waals surface area contributed by atoms with Crippen molar-refractivity contribution < 1.29 is 9.47 Å². The van der Waals surface area contributed by atoms with E-state index in [0.29, 0.717) is 18.5 Å². The Hall–Kier alpha value is -2.69. The molecule has 0 bridgehead atoms. The first-order chi connectivity index (χ1) is 13.2. The van der Waals surface area contributed by atoms with Crippen molar-refractivity contribution >= 4 is 5.96 Å². The molecule has 144 valence electrons. The molecule has 2 atom stereocenters. The highest BCUT2D eigenvalue weighted by Gasteiger charge is 2.38. The fraction of sp³-hybridized carbons (Fsp3) is 0.409. The van der Waals surface area contributed by atoms with Gasteiger partial charge in [-0.2, -0.15) is 0 Å². The standard InChI is InChI=1S/C22H29N3O2/c1-4-23-22(25-19-15-18(19)17-8-6-5-7-9-17)24-13-12-16-10-11-20(26-2)21(14-16)27-3/h5-11,14,18-19H,4,12-13,15H2,1-3H3,(H2,23,24,25). The predicted molar refractivity (Wildman–Crippen MR) is 110 cm³/mol. The van der Waals surface area contributed by atoms with Crippen LogP contribution in [0.2, 0.25) is 0 Å². The van der Waals surface area contributed by atoms with Crippen molar-refractivity contribution in [2.24, 2.45) is 4.99 Å². The first kappa shape index (κ1) is 19.1. The summed E-state index contributed by atoms with van der Waals surface area (Å²) in [4.78, 5) is 4.74. The van der Waals surface area contributed by atoms with E-state index in [2.05, 4.69) is 54.0 Å². The zero-order chi connectivity index (χ0) is 19.1. The van der Waals surface area contributed by atoms with Gasteiger partial charge in [-0.3, -0.25) is 4.99 Å². The van der Waals surface area contributed by atoms with E-state index >= 15 is 0 Å². The van der Waals surface area contributed by atoms with E-state index in [1.165, 1.54) is 11.1 Å². The van der Waals surface area contributed by atoms with Crippen molar-refractivity contribution in [3.63, 3.8) is 0 Å². The maximum absolute atomic E-state index is 5.37. The first-order valence-electron chi connectivity index (χ1n) is 9.55. The molecule has 27 heavy (non-hydrogen) atoms. The number of rotatable bonds is 8. The van der Waals surface area contributed by atoms with Crippen LogP contribution in [0.1, 0.15) is 30.4 Å². The van der Waals surface area contributed by atoms with E-state index < -0.39 is 0 Å². The molecule has 1 fully saturated rings. The molecule has 0 heterocycles. The molecule has 2 unspecified atom stereocenters. The van der Waals surface area contributed by atoms with Gasteiger partial charge in [-0.25, -0.2) is 0 Å². The smallest absolute Gasteiger partial charge is 0.191 e. The van der Waals surface area contributed by atoms with Crippen molar-refractivity contribution in [3.8, 4) is 11.5 Å². The fourth-order valence-electron chi connectivity index (χ4n) is 3.25. The number of guanidine groups is 1. The van der Waals surface area contributed by atoms with Crippen LogP contribution in [0.5, 0.6) is 11.5 Å². The molecule has 3 rings (SSSR count). The van der Waals surface area contributed by atoms with Gasteiger partial charge in [-0.05, 0) is 43.0 Å². The molecular formula is C22H29N3O2. The molecule has 1 saturated carbocycles.